The number of esters is 1. The number of nitro groups is 2. The maximum atomic E-state index is 12.4. The van der Waals surface area contributed by atoms with Crippen LogP contribution in [0.1, 0.15) is 10.4 Å². The summed E-state index contributed by atoms with van der Waals surface area (Å²) < 4.78 is 5.23. The molecule has 0 saturated heterocycles. The Balaban J connectivity index is 2.02. The maximum absolute atomic E-state index is 12.4. The summed E-state index contributed by atoms with van der Waals surface area (Å²) in [7, 11) is 0. The highest BCUT2D eigenvalue weighted by molar-refractivity contribution is 6.35. The van der Waals surface area contributed by atoms with Crippen molar-refractivity contribution >= 4 is 39.8 Å². The normalized spacial score (nSPS) is 10.5. The van der Waals surface area contributed by atoms with Gasteiger partial charge in [0.15, 0.2) is 5.75 Å². The molecule has 0 amide bonds. The number of nitro benzene ring substituents is 2. The van der Waals surface area contributed by atoms with Crippen molar-refractivity contribution in [2.24, 2.45) is 0 Å². The van der Waals surface area contributed by atoms with Gasteiger partial charge in [0, 0.05) is 23.7 Å². The zero-order valence-corrected chi connectivity index (χ0v) is 13.5. The Morgan fingerprint density at radius 2 is 1.69 bits per heavy atom. The molecular formula is C16H8ClN3O6. The molecule has 0 atom stereocenters. The molecule has 130 valence electrons. The standard InChI is InChI=1S/C16H8ClN3O6/c17-13-3-4-14(15-12(13)2-1-5-18-15)26-16(21)9-6-10(19(22)23)8-11(7-9)20(24)25/h1-8H. The van der Waals surface area contributed by atoms with E-state index in [9.17, 15) is 25.0 Å². The largest absolute Gasteiger partial charge is 0.421 e. The third-order valence-corrected chi connectivity index (χ3v) is 3.77. The Kier molecular flexibility index (Phi) is 4.46. The molecule has 0 aliphatic carbocycles. The van der Waals surface area contributed by atoms with Gasteiger partial charge in [-0.05, 0) is 24.3 Å². The first kappa shape index (κ1) is 17.2. The Bertz CT molecular complexity index is 1040. The molecule has 0 N–H and O–H groups in total. The van der Waals surface area contributed by atoms with Crippen molar-refractivity contribution in [2.45, 2.75) is 0 Å². The number of carbonyl (C=O) groups excluding carboxylic acids is 1. The van der Waals surface area contributed by atoms with E-state index in [4.69, 9.17) is 16.3 Å². The number of carbonyl (C=O) groups is 1. The molecular weight excluding hydrogens is 366 g/mol. The second kappa shape index (κ2) is 6.73. The number of non-ortho nitro benzene ring substituents is 2. The van der Waals surface area contributed by atoms with E-state index in [1.54, 1.807) is 12.1 Å². The fraction of sp³-hybridized carbons (Fsp3) is 0. The van der Waals surface area contributed by atoms with Crippen molar-refractivity contribution in [3.05, 3.63) is 79.5 Å². The highest BCUT2D eigenvalue weighted by Crippen LogP contribution is 2.31. The van der Waals surface area contributed by atoms with Gasteiger partial charge in [0.1, 0.15) is 5.52 Å². The molecule has 0 saturated carbocycles. The number of aromatic nitrogens is 1. The van der Waals surface area contributed by atoms with Gasteiger partial charge in [-0.15, -0.1) is 0 Å². The van der Waals surface area contributed by atoms with E-state index in [-0.39, 0.29) is 11.3 Å². The summed E-state index contributed by atoms with van der Waals surface area (Å²) >= 11 is 6.06. The lowest BCUT2D eigenvalue weighted by atomic mass is 10.1. The van der Waals surface area contributed by atoms with E-state index < -0.39 is 27.2 Å². The molecule has 3 rings (SSSR count). The minimum Gasteiger partial charge on any atom is -0.421 e. The number of hydrogen-bond donors (Lipinski definition) is 0. The summed E-state index contributed by atoms with van der Waals surface area (Å²) in [6, 6.07) is 8.83. The number of hydrogen-bond acceptors (Lipinski definition) is 7. The first-order valence-electron chi connectivity index (χ1n) is 7.06. The lowest BCUT2D eigenvalue weighted by Crippen LogP contribution is -2.10. The van der Waals surface area contributed by atoms with Crippen LogP contribution in [0.3, 0.4) is 0 Å². The van der Waals surface area contributed by atoms with Crippen LogP contribution in [0.25, 0.3) is 10.9 Å². The van der Waals surface area contributed by atoms with Crippen molar-refractivity contribution in [1.29, 1.82) is 0 Å². The predicted octanol–water partition coefficient (Wildman–Crippen LogP) is 3.92. The lowest BCUT2D eigenvalue weighted by molar-refractivity contribution is -0.394. The molecule has 0 aliphatic heterocycles. The van der Waals surface area contributed by atoms with Gasteiger partial charge >= 0.3 is 5.97 Å². The quantitative estimate of drug-likeness (QED) is 0.293. The molecule has 3 aromatic rings. The van der Waals surface area contributed by atoms with Gasteiger partial charge in [-0.1, -0.05) is 11.6 Å². The highest BCUT2D eigenvalue weighted by atomic mass is 35.5. The second-order valence-electron chi connectivity index (χ2n) is 5.09. The third-order valence-electron chi connectivity index (χ3n) is 3.44. The lowest BCUT2D eigenvalue weighted by Gasteiger charge is -2.08. The van der Waals surface area contributed by atoms with Gasteiger partial charge in [-0.3, -0.25) is 25.2 Å². The average Bonchev–Trinajstić information content (AvgIpc) is 2.63. The number of pyridine rings is 1. The van der Waals surface area contributed by atoms with Crippen LogP contribution in [0.5, 0.6) is 5.75 Å². The van der Waals surface area contributed by atoms with Crippen LogP contribution in [0.4, 0.5) is 11.4 Å². The second-order valence-corrected chi connectivity index (χ2v) is 5.49. The van der Waals surface area contributed by atoms with E-state index in [2.05, 4.69) is 4.98 Å². The molecule has 0 unspecified atom stereocenters. The fourth-order valence-corrected chi connectivity index (χ4v) is 2.49. The van der Waals surface area contributed by atoms with Gasteiger partial charge in [0.2, 0.25) is 0 Å². The van der Waals surface area contributed by atoms with Crippen molar-refractivity contribution in [3.63, 3.8) is 0 Å². The molecule has 0 fully saturated rings. The van der Waals surface area contributed by atoms with Gasteiger partial charge in [-0.25, -0.2) is 4.79 Å². The maximum Gasteiger partial charge on any atom is 0.344 e. The molecule has 1 aromatic heterocycles. The van der Waals surface area contributed by atoms with Crippen LogP contribution < -0.4 is 4.74 Å². The number of nitrogens with zero attached hydrogens (tertiary/aromatic N) is 3. The van der Waals surface area contributed by atoms with E-state index >= 15 is 0 Å². The van der Waals surface area contributed by atoms with Crippen molar-refractivity contribution in [2.75, 3.05) is 0 Å². The van der Waals surface area contributed by atoms with Crippen molar-refractivity contribution in [1.82, 2.24) is 4.98 Å². The fourth-order valence-electron chi connectivity index (χ4n) is 2.28. The smallest absolute Gasteiger partial charge is 0.344 e. The average molecular weight is 374 g/mol. The summed E-state index contributed by atoms with van der Waals surface area (Å²) in [5.74, 6) is -0.921. The van der Waals surface area contributed by atoms with Crippen LogP contribution >= 0.6 is 11.6 Å². The summed E-state index contributed by atoms with van der Waals surface area (Å²) in [6.45, 7) is 0. The van der Waals surface area contributed by atoms with E-state index in [1.165, 1.54) is 18.3 Å². The predicted molar refractivity (Wildman–Crippen MR) is 91.5 cm³/mol. The first-order valence-corrected chi connectivity index (χ1v) is 7.44. The minimum absolute atomic E-state index is 0.0733. The zero-order chi connectivity index (χ0) is 18.8. The summed E-state index contributed by atoms with van der Waals surface area (Å²) in [5, 5.41) is 22.8. The van der Waals surface area contributed by atoms with Crippen LogP contribution in [0.15, 0.2) is 48.7 Å². The molecule has 0 aliphatic rings. The monoisotopic (exact) mass is 373 g/mol. The van der Waals surface area contributed by atoms with E-state index in [1.807, 2.05) is 0 Å². The summed E-state index contributed by atoms with van der Waals surface area (Å²) in [5.41, 5.74) is -1.20. The number of fused-ring (bicyclic) bond motifs is 1. The Morgan fingerprint density at radius 3 is 2.31 bits per heavy atom. The molecule has 2 aromatic carbocycles. The third kappa shape index (κ3) is 3.28. The molecule has 0 radical (unpaired) electrons. The van der Waals surface area contributed by atoms with E-state index in [0.29, 0.717) is 15.9 Å². The van der Waals surface area contributed by atoms with Gasteiger partial charge in [0.25, 0.3) is 11.4 Å². The molecule has 0 spiro atoms. The van der Waals surface area contributed by atoms with Crippen LogP contribution in [-0.4, -0.2) is 20.8 Å². The minimum atomic E-state index is -0.994. The van der Waals surface area contributed by atoms with Crippen molar-refractivity contribution < 1.29 is 19.4 Å². The summed E-state index contributed by atoms with van der Waals surface area (Å²) in [6.07, 6.45) is 1.48. The van der Waals surface area contributed by atoms with Gasteiger partial charge in [0.05, 0.1) is 26.5 Å². The number of rotatable bonds is 4. The molecule has 10 heteroatoms. The SMILES string of the molecule is O=C(Oc1ccc(Cl)c2cccnc12)c1cc([N+](=O)[O-])cc([N+](=O)[O-])c1. The Hall–Kier alpha value is -3.59. The van der Waals surface area contributed by atoms with Crippen LogP contribution in [0.2, 0.25) is 5.02 Å². The molecule has 26 heavy (non-hydrogen) atoms. The Labute approximate surface area is 150 Å². The van der Waals surface area contributed by atoms with Crippen LogP contribution in [-0.2, 0) is 0 Å². The molecule has 9 nitrogen and oxygen atoms in total. The topological polar surface area (TPSA) is 125 Å². The van der Waals surface area contributed by atoms with Gasteiger partial charge in [-0.2, -0.15) is 0 Å². The number of ether oxygens (including phenoxy) is 1. The summed E-state index contributed by atoms with van der Waals surface area (Å²) in [4.78, 5) is 36.7. The Morgan fingerprint density at radius 1 is 1.04 bits per heavy atom. The molecule has 0 bridgehead atoms. The first-order chi connectivity index (χ1) is 12.4. The highest BCUT2D eigenvalue weighted by Gasteiger charge is 2.22. The zero-order valence-electron chi connectivity index (χ0n) is 12.8. The molecule has 1 heterocycles. The van der Waals surface area contributed by atoms with Crippen LogP contribution in [0, 0.1) is 20.2 Å². The number of benzene rings is 2. The van der Waals surface area contributed by atoms with E-state index in [0.717, 1.165) is 18.2 Å². The number of halogens is 1. The van der Waals surface area contributed by atoms with Gasteiger partial charge < -0.3 is 4.74 Å². The van der Waals surface area contributed by atoms with Crippen molar-refractivity contribution in [3.8, 4) is 5.75 Å².